The van der Waals surface area contributed by atoms with Crippen LogP contribution in [-0.2, 0) is 4.79 Å². The summed E-state index contributed by atoms with van der Waals surface area (Å²) in [7, 11) is 6.11. The van der Waals surface area contributed by atoms with Gasteiger partial charge < -0.3 is 9.80 Å². The van der Waals surface area contributed by atoms with Crippen molar-refractivity contribution in [2.24, 2.45) is 0 Å². The van der Waals surface area contributed by atoms with Gasteiger partial charge in [-0.15, -0.1) is 0 Å². The molecule has 3 nitrogen and oxygen atoms in total. The van der Waals surface area contributed by atoms with E-state index in [1.807, 2.05) is 11.9 Å². The van der Waals surface area contributed by atoms with Crippen LogP contribution in [-0.4, -0.2) is 54.7 Å². The van der Waals surface area contributed by atoms with E-state index in [4.69, 9.17) is 0 Å². The summed E-state index contributed by atoms with van der Waals surface area (Å²) in [6, 6.07) is 0. The Bertz CT molecular complexity index is 227. The largest absolute Gasteiger partial charge is 0.344 e. The quantitative estimate of drug-likeness (QED) is 0.719. The Labute approximate surface area is 98.2 Å². The molecule has 1 amide bonds. The molecule has 4 heteroatoms. The number of amides is 1. The van der Waals surface area contributed by atoms with Crippen molar-refractivity contribution in [1.82, 2.24) is 9.80 Å². The zero-order valence-electron chi connectivity index (χ0n) is 9.99. The molecule has 0 aromatic heterocycles. The number of rotatable bonds is 5. The summed E-state index contributed by atoms with van der Waals surface area (Å²) in [5.41, 5.74) is 0.237. The molecule has 0 aromatic rings. The van der Waals surface area contributed by atoms with Gasteiger partial charge in [-0.05, 0) is 39.1 Å². The van der Waals surface area contributed by atoms with Crippen LogP contribution in [0, 0.1) is 0 Å². The highest BCUT2D eigenvalue weighted by atomic mass is 32.1. The second-order valence-electron chi connectivity index (χ2n) is 4.70. The van der Waals surface area contributed by atoms with E-state index < -0.39 is 0 Å². The minimum atomic E-state index is 0.207. The lowest BCUT2D eigenvalue weighted by atomic mass is 9.75. The Morgan fingerprint density at radius 3 is 2.27 bits per heavy atom. The summed E-state index contributed by atoms with van der Waals surface area (Å²) < 4.78 is 0. The fraction of sp³-hybridized carbons (Fsp3) is 0.909. The van der Waals surface area contributed by atoms with E-state index in [2.05, 4.69) is 31.6 Å². The minimum Gasteiger partial charge on any atom is -0.344 e. The number of hydrogen-bond donors (Lipinski definition) is 1. The van der Waals surface area contributed by atoms with Gasteiger partial charge in [0, 0.05) is 25.6 Å². The van der Waals surface area contributed by atoms with Crippen LogP contribution in [0.4, 0.5) is 0 Å². The van der Waals surface area contributed by atoms with Crippen LogP contribution in [0.2, 0.25) is 0 Å². The third kappa shape index (κ3) is 2.88. The van der Waals surface area contributed by atoms with Gasteiger partial charge >= 0.3 is 0 Å². The van der Waals surface area contributed by atoms with E-state index in [9.17, 15) is 4.79 Å². The molecule has 0 saturated heterocycles. The van der Waals surface area contributed by atoms with Gasteiger partial charge in [0.2, 0.25) is 5.91 Å². The number of carbonyl (C=O) groups is 1. The van der Waals surface area contributed by atoms with Crippen LogP contribution < -0.4 is 0 Å². The van der Waals surface area contributed by atoms with Gasteiger partial charge in [0.05, 0.1) is 0 Å². The van der Waals surface area contributed by atoms with Gasteiger partial charge in [-0.3, -0.25) is 4.79 Å². The van der Waals surface area contributed by atoms with E-state index in [1.54, 1.807) is 0 Å². The van der Waals surface area contributed by atoms with Gasteiger partial charge in [0.15, 0.2) is 0 Å². The molecule has 0 heterocycles. The Morgan fingerprint density at radius 1 is 1.33 bits per heavy atom. The van der Waals surface area contributed by atoms with Gasteiger partial charge in [-0.2, -0.15) is 12.6 Å². The average Bonchev–Trinajstić information content (AvgIpc) is 2.10. The van der Waals surface area contributed by atoms with Crippen LogP contribution in [0.1, 0.15) is 25.7 Å². The third-order valence-corrected chi connectivity index (χ3v) is 3.74. The predicted octanol–water partition coefficient (Wildman–Crippen LogP) is 1.25. The maximum atomic E-state index is 11.6. The monoisotopic (exact) mass is 230 g/mol. The number of hydrogen-bond acceptors (Lipinski definition) is 3. The van der Waals surface area contributed by atoms with E-state index in [0.717, 1.165) is 6.54 Å². The van der Waals surface area contributed by atoms with Crippen molar-refractivity contribution in [3.05, 3.63) is 0 Å². The Balaban J connectivity index is 2.48. The molecule has 0 radical (unpaired) electrons. The summed E-state index contributed by atoms with van der Waals surface area (Å²) in [6.07, 6.45) is 4.24. The highest BCUT2D eigenvalue weighted by molar-refractivity contribution is 7.80. The first kappa shape index (κ1) is 12.8. The Kier molecular flexibility index (Phi) is 4.46. The van der Waals surface area contributed by atoms with E-state index >= 15 is 0 Å². The van der Waals surface area contributed by atoms with Crippen LogP contribution in [0.5, 0.6) is 0 Å². The lowest BCUT2D eigenvalue weighted by Gasteiger charge is -2.49. The van der Waals surface area contributed by atoms with Crippen molar-refractivity contribution < 1.29 is 4.79 Å². The lowest BCUT2D eigenvalue weighted by Crippen LogP contribution is -2.57. The van der Waals surface area contributed by atoms with E-state index in [-0.39, 0.29) is 11.4 Å². The summed E-state index contributed by atoms with van der Waals surface area (Å²) in [6.45, 7) is 0.854. The molecule has 0 aliphatic heterocycles. The molecular weight excluding hydrogens is 208 g/mol. The molecule has 15 heavy (non-hydrogen) atoms. The highest BCUT2D eigenvalue weighted by Gasteiger charge is 2.40. The molecule has 0 unspecified atom stereocenters. The summed E-state index contributed by atoms with van der Waals surface area (Å²) in [5, 5.41) is 0. The fourth-order valence-corrected chi connectivity index (χ4v) is 2.34. The summed E-state index contributed by atoms with van der Waals surface area (Å²) in [4.78, 5) is 15.8. The van der Waals surface area contributed by atoms with Crippen molar-refractivity contribution in [1.29, 1.82) is 0 Å². The van der Waals surface area contributed by atoms with Crippen molar-refractivity contribution in [2.75, 3.05) is 33.4 Å². The lowest BCUT2D eigenvalue weighted by molar-refractivity contribution is -0.132. The van der Waals surface area contributed by atoms with Crippen molar-refractivity contribution in [3.8, 4) is 0 Å². The standard InChI is InChI=1S/C11H22N2OS/c1-12(2)11(6-4-7-11)9-13(3)10(14)5-8-15/h15H,4-9H2,1-3H3. The maximum Gasteiger partial charge on any atom is 0.223 e. The molecule has 1 fully saturated rings. The van der Waals surface area contributed by atoms with Crippen molar-refractivity contribution in [3.63, 3.8) is 0 Å². The molecular formula is C11H22N2OS. The van der Waals surface area contributed by atoms with Gasteiger partial charge in [-0.1, -0.05) is 0 Å². The van der Waals surface area contributed by atoms with Gasteiger partial charge in [0.1, 0.15) is 0 Å². The zero-order chi connectivity index (χ0) is 11.5. The Morgan fingerprint density at radius 2 is 1.93 bits per heavy atom. The van der Waals surface area contributed by atoms with E-state index in [0.29, 0.717) is 12.2 Å². The molecule has 88 valence electrons. The SMILES string of the molecule is CN(CC1(N(C)C)CCC1)C(=O)CCS. The van der Waals surface area contributed by atoms with Crippen LogP contribution >= 0.6 is 12.6 Å². The molecule has 0 spiro atoms. The first-order valence-corrected chi connectivity index (χ1v) is 6.17. The number of likely N-dealkylation sites (N-methyl/N-ethyl adjacent to an activating group) is 2. The Hall–Kier alpha value is -0.220. The van der Waals surface area contributed by atoms with Crippen LogP contribution in [0.3, 0.4) is 0 Å². The third-order valence-electron chi connectivity index (χ3n) is 3.52. The molecule has 0 N–H and O–H groups in total. The molecule has 1 rings (SSSR count). The second-order valence-corrected chi connectivity index (χ2v) is 5.14. The zero-order valence-corrected chi connectivity index (χ0v) is 10.9. The number of thiol groups is 1. The van der Waals surface area contributed by atoms with Gasteiger partial charge in [-0.25, -0.2) is 0 Å². The maximum absolute atomic E-state index is 11.6. The molecule has 1 aliphatic rings. The average molecular weight is 230 g/mol. The highest BCUT2D eigenvalue weighted by Crippen LogP contribution is 2.36. The fourth-order valence-electron chi connectivity index (χ4n) is 2.15. The molecule has 0 atom stereocenters. The smallest absolute Gasteiger partial charge is 0.223 e. The number of nitrogens with zero attached hydrogens (tertiary/aromatic N) is 2. The van der Waals surface area contributed by atoms with Crippen molar-refractivity contribution >= 4 is 18.5 Å². The van der Waals surface area contributed by atoms with Crippen molar-refractivity contribution in [2.45, 2.75) is 31.2 Å². The predicted molar refractivity (Wildman–Crippen MR) is 66.4 cm³/mol. The topological polar surface area (TPSA) is 23.6 Å². The van der Waals surface area contributed by atoms with Gasteiger partial charge in [0.25, 0.3) is 0 Å². The number of carbonyl (C=O) groups excluding carboxylic acids is 1. The summed E-state index contributed by atoms with van der Waals surface area (Å²) >= 11 is 4.09. The molecule has 0 aromatic carbocycles. The normalized spacial score (nSPS) is 18.7. The molecule has 1 saturated carbocycles. The van der Waals surface area contributed by atoms with Crippen LogP contribution in [0.15, 0.2) is 0 Å². The summed E-state index contributed by atoms with van der Waals surface area (Å²) in [5.74, 6) is 0.844. The second kappa shape index (κ2) is 5.21. The molecule has 1 aliphatic carbocycles. The first-order chi connectivity index (χ1) is 7.02. The first-order valence-electron chi connectivity index (χ1n) is 5.54. The van der Waals surface area contributed by atoms with E-state index in [1.165, 1.54) is 19.3 Å². The minimum absolute atomic E-state index is 0.207. The molecule has 0 bridgehead atoms. The van der Waals surface area contributed by atoms with Crippen LogP contribution in [0.25, 0.3) is 0 Å².